The second-order valence-corrected chi connectivity index (χ2v) is 5.66. The van der Waals surface area contributed by atoms with Crippen molar-refractivity contribution in [2.24, 2.45) is 17.8 Å². The van der Waals surface area contributed by atoms with E-state index in [0.717, 1.165) is 6.42 Å². The van der Waals surface area contributed by atoms with Gasteiger partial charge in [0.2, 0.25) is 0 Å². The molecule has 0 fully saturated rings. The summed E-state index contributed by atoms with van der Waals surface area (Å²) < 4.78 is 0. The van der Waals surface area contributed by atoms with E-state index in [0.29, 0.717) is 17.8 Å². The molecule has 0 N–H and O–H groups in total. The van der Waals surface area contributed by atoms with Crippen LogP contribution >= 0.6 is 0 Å². The molecule has 0 unspecified atom stereocenters. The largest absolute Gasteiger partial charge is 0.0804 e. The first-order valence-corrected chi connectivity index (χ1v) is 6.55. The summed E-state index contributed by atoms with van der Waals surface area (Å²) in [5.74, 6) is 1.90. The van der Waals surface area contributed by atoms with Crippen LogP contribution in [0.15, 0.2) is 34.9 Å². The van der Waals surface area contributed by atoms with E-state index >= 15 is 0 Å². The highest BCUT2D eigenvalue weighted by atomic mass is 14.2. The normalized spacial score (nSPS) is 17.4. The zero-order chi connectivity index (χ0) is 12.3. The quantitative estimate of drug-likeness (QED) is 0.615. The summed E-state index contributed by atoms with van der Waals surface area (Å²) in [5, 5.41) is 0. The average Bonchev–Trinajstić information content (AvgIpc) is 2.38. The van der Waals surface area contributed by atoms with Gasteiger partial charge in [0.05, 0.1) is 0 Å². The summed E-state index contributed by atoms with van der Waals surface area (Å²) in [5.41, 5.74) is 4.77. The highest BCUT2D eigenvalue weighted by Gasteiger charge is 2.19. The second kappa shape index (κ2) is 5.52. The SMILES string of the molecule is CC(C)C1=CC=CCC(C(C)C)=C1C(C)C. The van der Waals surface area contributed by atoms with E-state index in [2.05, 4.69) is 59.8 Å². The monoisotopic (exact) mass is 218 g/mol. The summed E-state index contributed by atoms with van der Waals surface area (Å²) in [6.45, 7) is 13.9. The first-order valence-electron chi connectivity index (χ1n) is 6.55. The zero-order valence-corrected chi connectivity index (χ0v) is 11.7. The molecular weight excluding hydrogens is 192 g/mol. The topological polar surface area (TPSA) is 0 Å². The van der Waals surface area contributed by atoms with E-state index in [1.165, 1.54) is 5.57 Å². The molecule has 1 aliphatic carbocycles. The Morgan fingerprint density at radius 3 is 1.94 bits per heavy atom. The fourth-order valence-corrected chi connectivity index (χ4v) is 2.51. The second-order valence-electron chi connectivity index (χ2n) is 5.66. The molecule has 90 valence electrons. The highest BCUT2D eigenvalue weighted by Crippen LogP contribution is 2.35. The number of rotatable bonds is 3. The van der Waals surface area contributed by atoms with Crippen molar-refractivity contribution in [1.82, 2.24) is 0 Å². The number of allylic oxidation sites excluding steroid dienone is 6. The Labute approximate surface area is 101 Å². The van der Waals surface area contributed by atoms with Crippen LogP contribution in [0.3, 0.4) is 0 Å². The minimum Gasteiger partial charge on any atom is -0.0804 e. The van der Waals surface area contributed by atoms with Gasteiger partial charge in [-0.05, 0) is 35.3 Å². The van der Waals surface area contributed by atoms with Gasteiger partial charge in [0.1, 0.15) is 0 Å². The van der Waals surface area contributed by atoms with Crippen LogP contribution in [-0.4, -0.2) is 0 Å². The third-order valence-corrected chi connectivity index (χ3v) is 3.30. The van der Waals surface area contributed by atoms with Crippen LogP contribution in [0.4, 0.5) is 0 Å². The maximum atomic E-state index is 2.32. The van der Waals surface area contributed by atoms with Crippen molar-refractivity contribution in [1.29, 1.82) is 0 Å². The molecule has 0 spiro atoms. The summed E-state index contributed by atoms with van der Waals surface area (Å²) >= 11 is 0. The molecule has 0 saturated carbocycles. The lowest BCUT2D eigenvalue weighted by Gasteiger charge is -2.24. The molecule has 0 heteroatoms. The molecule has 0 radical (unpaired) electrons. The zero-order valence-electron chi connectivity index (χ0n) is 11.7. The van der Waals surface area contributed by atoms with Crippen LogP contribution in [0.2, 0.25) is 0 Å². The molecule has 1 aliphatic rings. The molecule has 0 aromatic heterocycles. The van der Waals surface area contributed by atoms with Crippen molar-refractivity contribution < 1.29 is 0 Å². The molecule has 0 bridgehead atoms. The smallest absolute Gasteiger partial charge is 0.0127 e. The molecule has 0 heterocycles. The minimum atomic E-state index is 0.619. The van der Waals surface area contributed by atoms with Crippen molar-refractivity contribution in [2.45, 2.75) is 48.0 Å². The molecule has 0 aromatic carbocycles. The van der Waals surface area contributed by atoms with Crippen molar-refractivity contribution in [3.8, 4) is 0 Å². The predicted molar refractivity (Wildman–Crippen MR) is 73.4 cm³/mol. The summed E-state index contributed by atoms with van der Waals surface area (Å²) in [4.78, 5) is 0. The molecule has 0 saturated heterocycles. The summed E-state index contributed by atoms with van der Waals surface area (Å²) in [7, 11) is 0. The fourth-order valence-electron chi connectivity index (χ4n) is 2.51. The van der Waals surface area contributed by atoms with Gasteiger partial charge in [-0.1, -0.05) is 65.3 Å². The highest BCUT2D eigenvalue weighted by molar-refractivity contribution is 5.43. The van der Waals surface area contributed by atoms with Gasteiger partial charge in [-0.15, -0.1) is 0 Å². The van der Waals surface area contributed by atoms with Gasteiger partial charge in [-0.2, -0.15) is 0 Å². The maximum Gasteiger partial charge on any atom is -0.0127 e. The van der Waals surface area contributed by atoms with Gasteiger partial charge in [-0.3, -0.25) is 0 Å². The van der Waals surface area contributed by atoms with Gasteiger partial charge in [-0.25, -0.2) is 0 Å². The van der Waals surface area contributed by atoms with Crippen LogP contribution in [0.5, 0.6) is 0 Å². The van der Waals surface area contributed by atoms with E-state index in [1.807, 2.05) is 0 Å². The average molecular weight is 218 g/mol. The van der Waals surface area contributed by atoms with Crippen molar-refractivity contribution in [2.75, 3.05) is 0 Å². The molecule has 0 atom stereocenters. The van der Waals surface area contributed by atoms with Gasteiger partial charge in [0.25, 0.3) is 0 Å². The van der Waals surface area contributed by atoms with Crippen LogP contribution in [-0.2, 0) is 0 Å². The van der Waals surface area contributed by atoms with Crippen molar-refractivity contribution in [3.63, 3.8) is 0 Å². The predicted octanol–water partition coefficient (Wildman–Crippen LogP) is 5.14. The van der Waals surface area contributed by atoms with E-state index in [-0.39, 0.29) is 0 Å². The summed E-state index contributed by atoms with van der Waals surface area (Å²) in [6.07, 6.45) is 7.97. The summed E-state index contributed by atoms with van der Waals surface area (Å²) in [6, 6.07) is 0. The molecule has 0 aliphatic heterocycles. The van der Waals surface area contributed by atoms with Gasteiger partial charge in [0.15, 0.2) is 0 Å². The van der Waals surface area contributed by atoms with Crippen LogP contribution in [0, 0.1) is 17.8 Å². The first-order chi connectivity index (χ1) is 7.45. The lowest BCUT2D eigenvalue weighted by Crippen LogP contribution is -2.10. The Hall–Kier alpha value is -0.780. The molecule has 0 amide bonds. The Morgan fingerprint density at radius 1 is 0.875 bits per heavy atom. The van der Waals surface area contributed by atoms with Gasteiger partial charge in [0, 0.05) is 0 Å². The van der Waals surface area contributed by atoms with E-state index in [4.69, 9.17) is 0 Å². The molecule has 1 rings (SSSR count). The van der Waals surface area contributed by atoms with E-state index < -0.39 is 0 Å². The van der Waals surface area contributed by atoms with Crippen LogP contribution in [0.1, 0.15) is 48.0 Å². The van der Waals surface area contributed by atoms with E-state index in [1.54, 1.807) is 11.1 Å². The molecule has 0 aromatic rings. The van der Waals surface area contributed by atoms with E-state index in [9.17, 15) is 0 Å². The molecule has 16 heavy (non-hydrogen) atoms. The standard InChI is InChI=1S/C16H26/c1-11(2)14-9-7-8-10-15(12(3)4)16(14)13(5)6/h7-9,11-13H,10H2,1-6H3. The minimum absolute atomic E-state index is 0.619. The lowest BCUT2D eigenvalue weighted by atomic mass is 9.81. The number of hydrogen-bond donors (Lipinski definition) is 0. The van der Waals surface area contributed by atoms with Crippen molar-refractivity contribution in [3.05, 3.63) is 34.9 Å². The van der Waals surface area contributed by atoms with Crippen LogP contribution in [0.25, 0.3) is 0 Å². The Morgan fingerprint density at radius 2 is 1.50 bits per heavy atom. The third kappa shape index (κ3) is 2.87. The van der Waals surface area contributed by atoms with Crippen LogP contribution < -0.4 is 0 Å². The first kappa shape index (κ1) is 13.3. The van der Waals surface area contributed by atoms with Gasteiger partial charge < -0.3 is 0 Å². The molecule has 0 nitrogen and oxygen atoms in total. The Kier molecular flexibility index (Phi) is 4.58. The Bertz CT molecular complexity index is 322. The Balaban J connectivity index is 3.29. The maximum absolute atomic E-state index is 2.32. The van der Waals surface area contributed by atoms with Gasteiger partial charge >= 0.3 is 0 Å². The fraction of sp³-hybridized carbons (Fsp3) is 0.625. The van der Waals surface area contributed by atoms with Crippen molar-refractivity contribution >= 4 is 0 Å². The molecular formula is C16H26. The number of hydrogen-bond acceptors (Lipinski definition) is 0. The third-order valence-electron chi connectivity index (χ3n) is 3.30. The lowest BCUT2D eigenvalue weighted by molar-refractivity contribution is 0.652.